The van der Waals surface area contributed by atoms with Crippen LogP contribution in [-0.4, -0.2) is 47.3 Å². The van der Waals surface area contributed by atoms with Crippen molar-refractivity contribution in [1.82, 2.24) is 4.98 Å². The zero-order chi connectivity index (χ0) is 14.7. The normalized spacial score (nSPS) is 10.4. The molecule has 0 atom stereocenters. The maximum absolute atomic E-state index is 10.8. The van der Waals surface area contributed by atoms with Gasteiger partial charge in [-0.15, -0.1) is 0 Å². The zero-order valence-corrected chi connectivity index (χ0v) is 11.4. The molecule has 0 unspecified atom stereocenters. The molecule has 7 nitrogen and oxygen atoms in total. The molecule has 1 heterocycles. The van der Waals surface area contributed by atoms with Gasteiger partial charge in [0.25, 0.3) is 0 Å². The Labute approximate surface area is 118 Å². The summed E-state index contributed by atoms with van der Waals surface area (Å²) in [5, 5.41) is 18.0. The number of carboxylic acid groups (broad SMARTS) is 2. The lowest BCUT2D eigenvalue weighted by Gasteiger charge is -2.16. The topological polar surface area (TPSA) is 100.0 Å². The van der Waals surface area contributed by atoms with Crippen molar-refractivity contribution in [3.8, 4) is 5.75 Å². The molecule has 1 aromatic heterocycles. The summed E-state index contributed by atoms with van der Waals surface area (Å²) in [6, 6.07) is 5.28. The fourth-order valence-electron chi connectivity index (χ4n) is 1.68. The molecule has 2 aromatic rings. The van der Waals surface area contributed by atoms with Crippen molar-refractivity contribution in [3.63, 3.8) is 0 Å². The van der Waals surface area contributed by atoms with E-state index in [4.69, 9.17) is 14.9 Å². The second-order valence-corrected chi connectivity index (χ2v) is 4.98. The van der Waals surface area contributed by atoms with Crippen molar-refractivity contribution in [2.24, 2.45) is 0 Å². The van der Waals surface area contributed by atoms with Gasteiger partial charge in [-0.25, -0.2) is 4.98 Å². The van der Waals surface area contributed by atoms with Crippen LogP contribution in [-0.2, 0) is 9.59 Å². The van der Waals surface area contributed by atoms with Crippen LogP contribution in [0.25, 0.3) is 10.2 Å². The van der Waals surface area contributed by atoms with Crippen LogP contribution < -0.4 is 9.64 Å². The molecule has 0 amide bonds. The first-order valence-corrected chi connectivity index (χ1v) is 6.44. The van der Waals surface area contributed by atoms with Crippen LogP contribution >= 0.6 is 11.3 Å². The van der Waals surface area contributed by atoms with E-state index in [1.165, 1.54) is 23.3 Å². The number of carbonyl (C=O) groups is 2. The first-order chi connectivity index (χ1) is 9.49. The number of thiazole rings is 1. The minimum absolute atomic E-state index is 0.359. The number of hydrogen-bond acceptors (Lipinski definition) is 6. The molecule has 2 N–H and O–H groups in total. The fraction of sp³-hybridized carbons (Fsp3) is 0.250. The largest absolute Gasteiger partial charge is 0.497 e. The predicted octanol–water partition coefficient (Wildman–Crippen LogP) is 1.28. The summed E-state index contributed by atoms with van der Waals surface area (Å²) in [6.07, 6.45) is 0. The Morgan fingerprint density at radius 2 is 1.95 bits per heavy atom. The minimum Gasteiger partial charge on any atom is -0.497 e. The van der Waals surface area contributed by atoms with Crippen LogP contribution in [0.4, 0.5) is 5.13 Å². The Kier molecular flexibility index (Phi) is 4.04. The van der Waals surface area contributed by atoms with Crippen molar-refractivity contribution < 1.29 is 24.5 Å². The number of carboxylic acids is 2. The van der Waals surface area contributed by atoms with Gasteiger partial charge >= 0.3 is 11.9 Å². The number of methoxy groups -OCH3 is 1. The van der Waals surface area contributed by atoms with E-state index in [0.29, 0.717) is 16.4 Å². The first-order valence-electron chi connectivity index (χ1n) is 5.62. The van der Waals surface area contributed by atoms with Crippen LogP contribution in [0.3, 0.4) is 0 Å². The predicted molar refractivity (Wildman–Crippen MR) is 73.7 cm³/mol. The molecule has 0 fully saturated rings. The van der Waals surface area contributed by atoms with Gasteiger partial charge in [-0.05, 0) is 12.1 Å². The van der Waals surface area contributed by atoms with Crippen LogP contribution in [0.15, 0.2) is 18.2 Å². The zero-order valence-electron chi connectivity index (χ0n) is 10.6. The SMILES string of the molecule is COc1ccc2sc(N(CC(=O)O)CC(=O)O)nc2c1. The summed E-state index contributed by atoms with van der Waals surface area (Å²) in [5.41, 5.74) is 0.644. The molecule has 2 rings (SSSR count). The number of benzene rings is 1. The van der Waals surface area contributed by atoms with E-state index in [1.54, 1.807) is 18.2 Å². The van der Waals surface area contributed by atoms with Gasteiger partial charge in [0.1, 0.15) is 18.8 Å². The Balaban J connectivity index is 2.36. The Morgan fingerprint density at radius 3 is 2.50 bits per heavy atom. The lowest BCUT2D eigenvalue weighted by molar-refractivity contribution is -0.136. The molecule has 0 saturated heterocycles. The van der Waals surface area contributed by atoms with Gasteiger partial charge in [-0.2, -0.15) is 0 Å². The highest BCUT2D eigenvalue weighted by molar-refractivity contribution is 7.22. The highest BCUT2D eigenvalue weighted by Crippen LogP contribution is 2.30. The maximum Gasteiger partial charge on any atom is 0.323 e. The van der Waals surface area contributed by atoms with Crippen molar-refractivity contribution in [1.29, 1.82) is 0 Å². The summed E-state index contributed by atoms with van der Waals surface area (Å²) in [6.45, 7) is -0.827. The highest BCUT2D eigenvalue weighted by atomic mass is 32.1. The van der Waals surface area contributed by atoms with E-state index < -0.39 is 25.0 Å². The van der Waals surface area contributed by atoms with Gasteiger partial charge in [-0.1, -0.05) is 11.3 Å². The number of nitrogens with zero attached hydrogens (tertiary/aromatic N) is 2. The molecule has 0 bridgehead atoms. The molecular weight excluding hydrogens is 284 g/mol. The average molecular weight is 296 g/mol. The molecule has 0 spiro atoms. The lowest BCUT2D eigenvalue weighted by atomic mass is 10.3. The van der Waals surface area contributed by atoms with E-state index in [2.05, 4.69) is 4.98 Å². The summed E-state index contributed by atoms with van der Waals surface area (Å²) in [4.78, 5) is 27.1. The van der Waals surface area contributed by atoms with Crippen LogP contribution in [0.5, 0.6) is 5.75 Å². The molecular formula is C12H12N2O5S. The third kappa shape index (κ3) is 3.15. The minimum atomic E-state index is -1.11. The van der Waals surface area contributed by atoms with Crippen molar-refractivity contribution >= 4 is 38.6 Å². The van der Waals surface area contributed by atoms with Gasteiger partial charge < -0.3 is 19.8 Å². The first kappa shape index (κ1) is 14.1. The molecule has 0 aliphatic rings. The Hall–Kier alpha value is -2.35. The monoisotopic (exact) mass is 296 g/mol. The highest BCUT2D eigenvalue weighted by Gasteiger charge is 2.18. The molecule has 106 valence electrons. The smallest absolute Gasteiger partial charge is 0.323 e. The van der Waals surface area contributed by atoms with E-state index in [9.17, 15) is 9.59 Å². The van der Waals surface area contributed by atoms with Crippen LogP contribution in [0.1, 0.15) is 0 Å². The second kappa shape index (κ2) is 5.74. The summed E-state index contributed by atoms with van der Waals surface area (Å²) in [7, 11) is 1.54. The third-order valence-electron chi connectivity index (χ3n) is 2.51. The molecule has 8 heteroatoms. The molecule has 0 saturated carbocycles. The van der Waals surface area contributed by atoms with Crippen LogP contribution in [0.2, 0.25) is 0 Å². The number of fused-ring (bicyclic) bond motifs is 1. The van der Waals surface area contributed by atoms with Crippen molar-refractivity contribution in [2.45, 2.75) is 0 Å². The quantitative estimate of drug-likeness (QED) is 0.828. The Morgan fingerprint density at radius 1 is 1.30 bits per heavy atom. The second-order valence-electron chi connectivity index (χ2n) is 3.97. The molecule has 20 heavy (non-hydrogen) atoms. The molecule has 0 aliphatic carbocycles. The van der Waals surface area contributed by atoms with E-state index in [-0.39, 0.29) is 0 Å². The summed E-state index contributed by atoms with van der Waals surface area (Å²) < 4.78 is 5.92. The number of rotatable bonds is 6. The number of anilines is 1. The summed E-state index contributed by atoms with van der Waals surface area (Å²) in [5.74, 6) is -1.58. The van der Waals surface area contributed by atoms with Crippen molar-refractivity contribution in [2.75, 3.05) is 25.1 Å². The molecule has 0 radical (unpaired) electrons. The number of aliphatic carboxylic acids is 2. The average Bonchev–Trinajstić information content (AvgIpc) is 2.79. The standard InChI is InChI=1S/C12H12N2O5S/c1-19-7-2-3-9-8(4-7)13-12(20-9)14(5-10(15)16)6-11(17)18/h2-4H,5-6H2,1H3,(H,15,16)(H,17,18). The third-order valence-corrected chi connectivity index (χ3v) is 3.60. The maximum atomic E-state index is 10.8. The van der Waals surface area contributed by atoms with Crippen LogP contribution in [0, 0.1) is 0 Å². The number of aromatic nitrogens is 1. The number of ether oxygens (including phenoxy) is 1. The van der Waals surface area contributed by atoms with Gasteiger partial charge in [0, 0.05) is 6.07 Å². The Bertz CT molecular complexity index is 638. The van der Waals surface area contributed by atoms with Gasteiger partial charge in [0.2, 0.25) is 0 Å². The van der Waals surface area contributed by atoms with E-state index in [1.807, 2.05) is 0 Å². The fourth-order valence-corrected chi connectivity index (χ4v) is 2.62. The van der Waals surface area contributed by atoms with Gasteiger partial charge in [0.05, 0.1) is 17.3 Å². The van der Waals surface area contributed by atoms with Gasteiger partial charge in [-0.3, -0.25) is 9.59 Å². The van der Waals surface area contributed by atoms with Gasteiger partial charge in [0.15, 0.2) is 5.13 Å². The van der Waals surface area contributed by atoms with E-state index >= 15 is 0 Å². The molecule has 0 aliphatic heterocycles. The number of hydrogen-bond donors (Lipinski definition) is 2. The summed E-state index contributed by atoms with van der Waals surface area (Å²) >= 11 is 1.24. The lowest BCUT2D eigenvalue weighted by Crippen LogP contribution is -2.34. The molecule has 1 aromatic carbocycles. The van der Waals surface area contributed by atoms with Crippen molar-refractivity contribution in [3.05, 3.63) is 18.2 Å². The van der Waals surface area contributed by atoms with E-state index in [0.717, 1.165) is 4.70 Å².